The minimum Gasteiger partial charge on any atom is -0.497 e. The van der Waals surface area contributed by atoms with Gasteiger partial charge in [-0.1, -0.05) is 12.1 Å². The van der Waals surface area contributed by atoms with E-state index in [4.69, 9.17) is 4.74 Å². The van der Waals surface area contributed by atoms with Crippen molar-refractivity contribution in [3.63, 3.8) is 0 Å². The summed E-state index contributed by atoms with van der Waals surface area (Å²) in [4.78, 5) is 17.5. The van der Waals surface area contributed by atoms with Crippen molar-refractivity contribution in [3.05, 3.63) is 66.5 Å². The lowest BCUT2D eigenvalue weighted by Gasteiger charge is -2.49. The van der Waals surface area contributed by atoms with Gasteiger partial charge in [0.25, 0.3) is 0 Å². The number of benzene rings is 2. The number of halogens is 1. The highest BCUT2D eigenvalue weighted by Crippen LogP contribution is 2.38. The van der Waals surface area contributed by atoms with Crippen LogP contribution >= 0.6 is 0 Å². The van der Waals surface area contributed by atoms with Crippen molar-refractivity contribution in [1.82, 2.24) is 5.32 Å². The number of hydrogen-bond donors (Lipinski definition) is 1. The van der Waals surface area contributed by atoms with Gasteiger partial charge in [-0.15, -0.1) is 6.58 Å². The van der Waals surface area contributed by atoms with Crippen LogP contribution in [0.4, 0.5) is 15.8 Å². The lowest BCUT2D eigenvalue weighted by atomic mass is 9.83. The largest absolute Gasteiger partial charge is 0.497 e. The molecule has 0 radical (unpaired) electrons. The van der Waals surface area contributed by atoms with Crippen LogP contribution in [-0.2, 0) is 11.2 Å². The van der Waals surface area contributed by atoms with E-state index in [2.05, 4.69) is 33.8 Å². The van der Waals surface area contributed by atoms with Crippen molar-refractivity contribution in [2.24, 2.45) is 5.92 Å². The highest BCUT2D eigenvalue weighted by Gasteiger charge is 2.41. The highest BCUT2D eigenvalue weighted by molar-refractivity contribution is 5.82. The third kappa shape index (κ3) is 3.79. The molecule has 2 atom stereocenters. The molecule has 6 heteroatoms. The second-order valence-electron chi connectivity index (χ2n) is 7.52. The van der Waals surface area contributed by atoms with E-state index in [1.807, 2.05) is 6.07 Å². The van der Waals surface area contributed by atoms with Gasteiger partial charge in [-0.25, -0.2) is 4.39 Å². The Balaban J connectivity index is 1.65. The molecule has 1 fully saturated rings. The number of amides is 1. The van der Waals surface area contributed by atoms with E-state index in [1.54, 1.807) is 25.3 Å². The van der Waals surface area contributed by atoms with Gasteiger partial charge in [-0.2, -0.15) is 0 Å². The Bertz CT molecular complexity index is 899. The molecule has 2 aliphatic rings. The van der Waals surface area contributed by atoms with E-state index in [0.29, 0.717) is 19.5 Å². The van der Waals surface area contributed by atoms with E-state index in [1.165, 1.54) is 12.1 Å². The number of piperazine rings is 1. The molecular weight excluding hydrogens is 369 g/mol. The average Bonchev–Trinajstić information content (AvgIpc) is 2.76. The molecule has 1 saturated heterocycles. The molecule has 1 N–H and O–H groups in total. The maximum absolute atomic E-state index is 13.3. The van der Waals surface area contributed by atoms with Crippen molar-refractivity contribution < 1.29 is 13.9 Å². The predicted octanol–water partition coefficient (Wildman–Crippen LogP) is 3.00. The van der Waals surface area contributed by atoms with Gasteiger partial charge in [0, 0.05) is 43.6 Å². The number of ether oxygens (including phenoxy) is 1. The normalized spacial score (nSPS) is 20.5. The van der Waals surface area contributed by atoms with Crippen molar-refractivity contribution >= 4 is 17.3 Å². The van der Waals surface area contributed by atoms with E-state index < -0.39 is 0 Å². The summed E-state index contributed by atoms with van der Waals surface area (Å²) in [6.45, 7) is 6.45. The van der Waals surface area contributed by atoms with Gasteiger partial charge in [-0.3, -0.25) is 4.79 Å². The van der Waals surface area contributed by atoms with Crippen LogP contribution in [0.5, 0.6) is 5.75 Å². The zero-order chi connectivity index (χ0) is 20.4. The zero-order valence-corrected chi connectivity index (χ0v) is 16.6. The van der Waals surface area contributed by atoms with E-state index in [9.17, 15) is 9.18 Å². The highest BCUT2D eigenvalue weighted by atomic mass is 19.1. The molecule has 4 rings (SSSR count). The number of fused-ring (bicyclic) bond motifs is 3. The Morgan fingerprint density at radius 2 is 2.07 bits per heavy atom. The summed E-state index contributed by atoms with van der Waals surface area (Å²) in [6.07, 6.45) is 2.38. The van der Waals surface area contributed by atoms with E-state index in [-0.39, 0.29) is 23.7 Å². The Kier molecular flexibility index (Phi) is 5.43. The second kappa shape index (κ2) is 8.15. The molecule has 2 aromatic rings. The molecule has 2 aliphatic heterocycles. The quantitative estimate of drug-likeness (QED) is 0.791. The SMILES string of the molecule is C=CCNC(=O)[C@@H]1Cc2ccc(OC)cc2N2CCN(c3ccc(F)cc3)C[C@@H]12. The monoisotopic (exact) mass is 395 g/mol. The summed E-state index contributed by atoms with van der Waals surface area (Å²) < 4.78 is 18.8. The molecule has 1 amide bonds. The fourth-order valence-corrected chi connectivity index (χ4v) is 4.39. The third-order valence-corrected chi connectivity index (χ3v) is 5.87. The fraction of sp³-hybridized carbons (Fsp3) is 0.348. The van der Waals surface area contributed by atoms with Crippen molar-refractivity contribution in [2.45, 2.75) is 12.5 Å². The van der Waals surface area contributed by atoms with Crippen LogP contribution < -0.4 is 19.9 Å². The number of anilines is 2. The first kappa shape index (κ1) is 19.3. The fourth-order valence-electron chi connectivity index (χ4n) is 4.39. The van der Waals surface area contributed by atoms with Crippen LogP contribution in [0.3, 0.4) is 0 Å². The number of carbonyl (C=O) groups is 1. The number of hydrogen-bond acceptors (Lipinski definition) is 4. The molecule has 2 aromatic carbocycles. The number of carbonyl (C=O) groups excluding carboxylic acids is 1. The Morgan fingerprint density at radius 3 is 2.79 bits per heavy atom. The standard InChI is InChI=1S/C23H26FN3O2/c1-3-10-25-23(28)20-13-16-4-9-19(29-2)14-21(16)27-12-11-26(15-22(20)27)18-7-5-17(24)6-8-18/h3-9,14,20,22H,1,10-13,15H2,2H3,(H,25,28)/t20-,22+/m1/s1. The molecule has 152 valence electrons. The molecule has 0 bridgehead atoms. The van der Waals surface area contributed by atoms with Crippen LogP contribution in [0.25, 0.3) is 0 Å². The second-order valence-corrected chi connectivity index (χ2v) is 7.52. The van der Waals surface area contributed by atoms with Crippen LogP contribution in [-0.4, -0.2) is 45.2 Å². The number of rotatable bonds is 5. The molecule has 5 nitrogen and oxygen atoms in total. The van der Waals surface area contributed by atoms with Crippen molar-refractivity contribution in [2.75, 3.05) is 43.1 Å². The minimum absolute atomic E-state index is 0.0261. The Hall–Kier alpha value is -3.02. The van der Waals surface area contributed by atoms with Gasteiger partial charge < -0.3 is 19.9 Å². The summed E-state index contributed by atoms with van der Waals surface area (Å²) >= 11 is 0. The van der Waals surface area contributed by atoms with Gasteiger partial charge in [-0.05, 0) is 42.3 Å². The van der Waals surface area contributed by atoms with Gasteiger partial charge in [0.05, 0.1) is 19.1 Å². The lowest BCUT2D eigenvalue weighted by molar-refractivity contribution is -0.125. The zero-order valence-electron chi connectivity index (χ0n) is 16.6. The topological polar surface area (TPSA) is 44.8 Å². The molecule has 0 unspecified atom stereocenters. The van der Waals surface area contributed by atoms with Crippen LogP contribution in [0.15, 0.2) is 55.1 Å². The smallest absolute Gasteiger partial charge is 0.225 e. The molecule has 0 saturated carbocycles. The van der Waals surface area contributed by atoms with Crippen LogP contribution in [0, 0.1) is 11.7 Å². The van der Waals surface area contributed by atoms with Crippen LogP contribution in [0.2, 0.25) is 0 Å². The van der Waals surface area contributed by atoms with Crippen molar-refractivity contribution in [3.8, 4) is 5.75 Å². The number of nitrogens with one attached hydrogen (secondary N) is 1. The van der Waals surface area contributed by atoms with Gasteiger partial charge in [0.1, 0.15) is 11.6 Å². The number of nitrogens with zero attached hydrogens (tertiary/aromatic N) is 2. The molecular formula is C23H26FN3O2. The summed E-state index contributed by atoms with van der Waals surface area (Å²) in [5.41, 5.74) is 3.28. The third-order valence-electron chi connectivity index (χ3n) is 5.87. The molecule has 0 aliphatic carbocycles. The van der Waals surface area contributed by atoms with E-state index >= 15 is 0 Å². The molecule has 29 heavy (non-hydrogen) atoms. The summed E-state index contributed by atoms with van der Waals surface area (Å²) in [5.74, 6) is 0.451. The van der Waals surface area contributed by atoms with Gasteiger partial charge >= 0.3 is 0 Å². The molecule has 2 heterocycles. The summed E-state index contributed by atoms with van der Waals surface area (Å²) in [6, 6.07) is 12.7. The predicted molar refractivity (Wildman–Crippen MR) is 113 cm³/mol. The van der Waals surface area contributed by atoms with Gasteiger partial charge in [0.15, 0.2) is 0 Å². The maximum Gasteiger partial charge on any atom is 0.225 e. The summed E-state index contributed by atoms with van der Waals surface area (Å²) in [7, 11) is 1.67. The molecule has 0 aromatic heterocycles. The summed E-state index contributed by atoms with van der Waals surface area (Å²) in [5, 5.41) is 2.97. The van der Waals surface area contributed by atoms with E-state index in [0.717, 1.165) is 35.8 Å². The molecule has 0 spiro atoms. The van der Waals surface area contributed by atoms with Gasteiger partial charge in [0.2, 0.25) is 5.91 Å². The minimum atomic E-state index is -0.243. The van der Waals surface area contributed by atoms with Crippen LogP contribution in [0.1, 0.15) is 5.56 Å². The lowest BCUT2D eigenvalue weighted by Crippen LogP contribution is -2.61. The Labute approximate surface area is 170 Å². The maximum atomic E-state index is 13.3. The number of methoxy groups -OCH3 is 1. The van der Waals surface area contributed by atoms with Crippen molar-refractivity contribution in [1.29, 1.82) is 0 Å². The average molecular weight is 395 g/mol. The first-order valence-corrected chi connectivity index (χ1v) is 9.93. The Morgan fingerprint density at radius 1 is 1.28 bits per heavy atom. The first-order valence-electron chi connectivity index (χ1n) is 9.93. The first-order chi connectivity index (χ1) is 14.1.